The molecule has 1 saturated heterocycles. The molecule has 2 amide bonds. The van der Waals surface area contributed by atoms with Gasteiger partial charge in [-0.15, -0.1) is 0 Å². The molecule has 1 aliphatic heterocycles. The number of hydrogen-bond acceptors (Lipinski definition) is 4. The average molecular weight is 300 g/mol. The van der Waals surface area contributed by atoms with Crippen LogP contribution in [-0.2, 0) is 14.3 Å². The van der Waals surface area contributed by atoms with Crippen LogP contribution in [0, 0.1) is 5.92 Å². The van der Waals surface area contributed by atoms with E-state index >= 15 is 0 Å². The van der Waals surface area contributed by atoms with Gasteiger partial charge >= 0.3 is 18.0 Å². The number of ether oxygens (including phenoxy) is 1. The van der Waals surface area contributed by atoms with Gasteiger partial charge in [0.15, 0.2) is 0 Å². The van der Waals surface area contributed by atoms with Gasteiger partial charge < -0.3 is 19.6 Å². The highest BCUT2D eigenvalue weighted by atomic mass is 16.5. The Morgan fingerprint density at radius 1 is 1.29 bits per heavy atom. The molecule has 0 bridgehead atoms. The Bertz CT molecular complexity index is 378. The fourth-order valence-corrected chi connectivity index (χ4v) is 2.40. The number of amides is 2. The zero-order valence-electron chi connectivity index (χ0n) is 12.7. The number of esters is 1. The molecule has 0 aromatic rings. The number of carbonyl (C=O) groups is 3. The molecule has 1 N–H and O–H groups in total. The number of hydrogen-bond donors (Lipinski definition) is 1. The van der Waals surface area contributed by atoms with Crippen molar-refractivity contribution in [2.75, 3.05) is 33.3 Å². The Kier molecular flexibility index (Phi) is 6.98. The van der Waals surface area contributed by atoms with E-state index in [-0.39, 0.29) is 30.8 Å². The Balaban J connectivity index is 2.32. The van der Waals surface area contributed by atoms with E-state index < -0.39 is 5.97 Å². The largest absolute Gasteiger partial charge is 0.481 e. The molecular weight excluding hydrogens is 276 g/mol. The molecule has 0 unspecified atom stereocenters. The third-order valence-corrected chi connectivity index (χ3v) is 3.63. The van der Waals surface area contributed by atoms with Gasteiger partial charge in [0.1, 0.15) is 0 Å². The first-order chi connectivity index (χ1) is 9.93. The van der Waals surface area contributed by atoms with Crippen molar-refractivity contribution in [3.05, 3.63) is 0 Å². The van der Waals surface area contributed by atoms with Gasteiger partial charge in [0.25, 0.3) is 0 Å². The zero-order chi connectivity index (χ0) is 15.8. The maximum Gasteiger partial charge on any atom is 0.319 e. The van der Waals surface area contributed by atoms with Crippen LogP contribution in [0.5, 0.6) is 0 Å². The van der Waals surface area contributed by atoms with Gasteiger partial charge in [0.2, 0.25) is 0 Å². The Labute approximate surface area is 124 Å². The topological polar surface area (TPSA) is 87.2 Å². The first kappa shape index (κ1) is 17.3. The van der Waals surface area contributed by atoms with Crippen LogP contribution in [0.15, 0.2) is 0 Å². The molecule has 1 fully saturated rings. The molecule has 0 aromatic carbocycles. The second-order valence-electron chi connectivity index (χ2n) is 5.29. The van der Waals surface area contributed by atoms with E-state index in [0.29, 0.717) is 39.1 Å². The number of likely N-dealkylation sites (tertiary alicyclic amines) is 1. The van der Waals surface area contributed by atoms with Crippen LogP contribution in [0.2, 0.25) is 0 Å². The summed E-state index contributed by atoms with van der Waals surface area (Å²) in [5.74, 6) is -0.944. The van der Waals surface area contributed by atoms with Crippen molar-refractivity contribution < 1.29 is 24.2 Å². The molecule has 0 radical (unpaired) electrons. The van der Waals surface area contributed by atoms with Crippen LogP contribution in [0.1, 0.15) is 32.6 Å². The number of carboxylic acids is 1. The molecule has 0 atom stereocenters. The summed E-state index contributed by atoms with van der Waals surface area (Å²) in [6.45, 7) is 3.55. The second-order valence-corrected chi connectivity index (χ2v) is 5.29. The van der Waals surface area contributed by atoms with E-state index in [1.54, 1.807) is 18.9 Å². The lowest BCUT2D eigenvalue weighted by molar-refractivity contribution is -0.143. The molecule has 1 aliphatic rings. The van der Waals surface area contributed by atoms with E-state index in [4.69, 9.17) is 9.84 Å². The lowest BCUT2D eigenvalue weighted by Crippen LogP contribution is -2.46. The van der Waals surface area contributed by atoms with Crippen molar-refractivity contribution in [2.24, 2.45) is 5.92 Å². The van der Waals surface area contributed by atoms with Gasteiger partial charge in [-0.2, -0.15) is 0 Å². The average Bonchev–Trinajstić information content (AvgIpc) is 2.44. The normalized spacial score (nSPS) is 15.6. The summed E-state index contributed by atoms with van der Waals surface area (Å²) in [6, 6.07) is -0.118. The quantitative estimate of drug-likeness (QED) is 0.744. The van der Waals surface area contributed by atoms with Crippen molar-refractivity contribution in [3.63, 3.8) is 0 Å². The first-order valence-corrected chi connectivity index (χ1v) is 7.31. The van der Waals surface area contributed by atoms with E-state index in [1.165, 1.54) is 4.90 Å². The molecular formula is C14H24N2O5. The van der Waals surface area contributed by atoms with Gasteiger partial charge in [-0.05, 0) is 25.7 Å². The van der Waals surface area contributed by atoms with E-state index in [9.17, 15) is 14.4 Å². The van der Waals surface area contributed by atoms with Crippen molar-refractivity contribution >= 4 is 18.0 Å². The highest BCUT2D eigenvalue weighted by molar-refractivity contribution is 5.75. The Hall–Kier alpha value is -1.79. The van der Waals surface area contributed by atoms with Crippen LogP contribution in [0.25, 0.3) is 0 Å². The molecule has 21 heavy (non-hydrogen) atoms. The van der Waals surface area contributed by atoms with Gasteiger partial charge in [-0.25, -0.2) is 4.79 Å². The third-order valence-electron chi connectivity index (χ3n) is 3.63. The van der Waals surface area contributed by atoms with Crippen molar-refractivity contribution in [2.45, 2.75) is 32.6 Å². The van der Waals surface area contributed by atoms with Crippen LogP contribution < -0.4 is 0 Å². The van der Waals surface area contributed by atoms with Crippen molar-refractivity contribution in [1.82, 2.24) is 9.80 Å². The minimum Gasteiger partial charge on any atom is -0.481 e. The number of carboxylic acid groups (broad SMARTS) is 1. The van der Waals surface area contributed by atoms with Gasteiger partial charge in [-0.3, -0.25) is 9.59 Å². The monoisotopic (exact) mass is 300 g/mol. The SMILES string of the molecule is CCOC(=O)CCN(C)C(=O)N1CCC(CC(=O)O)CC1. The van der Waals surface area contributed by atoms with Crippen LogP contribution in [-0.4, -0.2) is 66.2 Å². The molecule has 1 heterocycles. The van der Waals surface area contributed by atoms with E-state index in [1.807, 2.05) is 0 Å². The first-order valence-electron chi connectivity index (χ1n) is 7.31. The maximum atomic E-state index is 12.2. The van der Waals surface area contributed by atoms with E-state index in [2.05, 4.69) is 0 Å². The van der Waals surface area contributed by atoms with Crippen LogP contribution >= 0.6 is 0 Å². The van der Waals surface area contributed by atoms with Crippen molar-refractivity contribution in [1.29, 1.82) is 0 Å². The lowest BCUT2D eigenvalue weighted by Gasteiger charge is -2.34. The highest BCUT2D eigenvalue weighted by Crippen LogP contribution is 2.21. The standard InChI is InChI=1S/C14H24N2O5/c1-3-21-13(19)6-7-15(2)14(20)16-8-4-11(5-9-16)10-12(17)18/h11H,3-10H2,1-2H3,(H,17,18). The summed E-state index contributed by atoms with van der Waals surface area (Å²) in [7, 11) is 1.66. The lowest BCUT2D eigenvalue weighted by atomic mass is 9.94. The third kappa shape index (κ3) is 6.01. The predicted molar refractivity (Wildman–Crippen MR) is 75.8 cm³/mol. The molecule has 0 saturated carbocycles. The summed E-state index contributed by atoms with van der Waals surface area (Å²) in [5, 5.41) is 8.76. The maximum absolute atomic E-state index is 12.2. The smallest absolute Gasteiger partial charge is 0.319 e. The minimum absolute atomic E-state index is 0.118. The molecule has 7 heteroatoms. The second kappa shape index (κ2) is 8.49. The number of aliphatic carboxylic acids is 1. The Morgan fingerprint density at radius 3 is 2.43 bits per heavy atom. The Morgan fingerprint density at radius 2 is 1.90 bits per heavy atom. The molecule has 1 rings (SSSR count). The fraction of sp³-hybridized carbons (Fsp3) is 0.786. The summed E-state index contributed by atoms with van der Waals surface area (Å²) in [4.78, 5) is 37.3. The van der Waals surface area contributed by atoms with Crippen molar-refractivity contribution in [3.8, 4) is 0 Å². The fourth-order valence-electron chi connectivity index (χ4n) is 2.40. The zero-order valence-corrected chi connectivity index (χ0v) is 12.7. The molecule has 0 spiro atoms. The summed E-state index contributed by atoms with van der Waals surface area (Å²) >= 11 is 0. The number of nitrogens with zero attached hydrogens (tertiary/aromatic N) is 2. The predicted octanol–water partition coefficient (Wildman–Crippen LogP) is 1.18. The van der Waals surface area contributed by atoms with E-state index in [0.717, 1.165) is 0 Å². The summed E-state index contributed by atoms with van der Waals surface area (Å²) < 4.78 is 4.82. The molecule has 0 aromatic heterocycles. The summed E-state index contributed by atoms with van der Waals surface area (Å²) in [6.07, 6.45) is 1.78. The minimum atomic E-state index is -0.786. The summed E-state index contributed by atoms with van der Waals surface area (Å²) in [5.41, 5.74) is 0. The van der Waals surface area contributed by atoms with Crippen LogP contribution in [0.4, 0.5) is 4.79 Å². The molecule has 0 aliphatic carbocycles. The van der Waals surface area contributed by atoms with Gasteiger partial charge in [0.05, 0.1) is 13.0 Å². The number of urea groups is 1. The molecule has 120 valence electrons. The number of piperidine rings is 1. The van der Waals surface area contributed by atoms with Gasteiger partial charge in [-0.1, -0.05) is 0 Å². The van der Waals surface area contributed by atoms with Crippen LogP contribution in [0.3, 0.4) is 0 Å². The number of carbonyl (C=O) groups excluding carboxylic acids is 2. The number of rotatable bonds is 6. The molecule has 7 nitrogen and oxygen atoms in total. The highest BCUT2D eigenvalue weighted by Gasteiger charge is 2.26. The van der Waals surface area contributed by atoms with Gasteiger partial charge in [0, 0.05) is 33.1 Å².